The Hall–Kier alpha value is -0.120. The van der Waals surface area contributed by atoms with E-state index in [0.717, 1.165) is 13.0 Å². The Balaban J connectivity index is 3.52. The average molecular weight is 203 g/mol. The van der Waals surface area contributed by atoms with Crippen molar-refractivity contribution in [1.82, 2.24) is 4.90 Å². The van der Waals surface area contributed by atoms with Gasteiger partial charge in [0.2, 0.25) is 0 Å². The van der Waals surface area contributed by atoms with Crippen LogP contribution in [0.5, 0.6) is 0 Å². The maximum atomic E-state index is 9.35. The number of aliphatic hydroxyl groups is 2. The van der Waals surface area contributed by atoms with Crippen molar-refractivity contribution in [3.05, 3.63) is 0 Å². The topological polar surface area (TPSA) is 43.7 Å². The number of nitrogens with zero attached hydrogens (tertiary/aromatic N) is 1. The average Bonchev–Trinajstić information content (AvgIpc) is 2.09. The first-order chi connectivity index (χ1) is 6.59. The lowest BCUT2D eigenvalue weighted by atomic mass is 10.1. The molecule has 0 aromatic carbocycles. The summed E-state index contributed by atoms with van der Waals surface area (Å²) in [5.41, 5.74) is 0. The zero-order valence-corrected chi connectivity index (χ0v) is 9.74. The summed E-state index contributed by atoms with van der Waals surface area (Å²) in [7, 11) is 0. The van der Waals surface area contributed by atoms with Gasteiger partial charge in [0.25, 0.3) is 0 Å². The smallest absolute Gasteiger partial charge is 0.106 e. The number of unbranched alkanes of at least 4 members (excludes halogenated alkanes) is 4. The molecule has 0 heterocycles. The van der Waals surface area contributed by atoms with Crippen molar-refractivity contribution in [2.24, 2.45) is 0 Å². The highest BCUT2D eigenvalue weighted by atomic mass is 16.3. The van der Waals surface area contributed by atoms with Crippen LogP contribution in [0.25, 0.3) is 0 Å². The van der Waals surface area contributed by atoms with Gasteiger partial charge in [-0.2, -0.15) is 0 Å². The van der Waals surface area contributed by atoms with E-state index in [9.17, 15) is 10.2 Å². The molecular weight excluding hydrogens is 178 g/mol. The molecule has 3 nitrogen and oxygen atoms in total. The lowest BCUT2D eigenvalue weighted by Gasteiger charge is -2.27. The summed E-state index contributed by atoms with van der Waals surface area (Å²) in [6.07, 6.45) is 4.91. The van der Waals surface area contributed by atoms with Gasteiger partial charge >= 0.3 is 0 Å². The van der Waals surface area contributed by atoms with Gasteiger partial charge in [0.1, 0.15) is 12.5 Å². The van der Waals surface area contributed by atoms with Crippen LogP contribution in [-0.2, 0) is 0 Å². The van der Waals surface area contributed by atoms with Gasteiger partial charge in [0.05, 0.1) is 0 Å². The van der Waals surface area contributed by atoms with Crippen LogP contribution in [-0.4, -0.2) is 34.1 Å². The molecule has 14 heavy (non-hydrogen) atoms. The minimum Gasteiger partial charge on any atom is -0.379 e. The van der Waals surface area contributed by atoms with E-state index in [1.165, 1.54) is 25.7 Å². The Morgan fingerprint density at radius 3 is 1.86 bits per heavy atom. The zero-order chi connectivity index (χ0) is 11.0. The van der Waals surface area contributed by atoms with Crippen molar-refractivity contribution >= 4 is 0 Å². The predicted molar refractivity (Wildman–Crippen MR) is 58.8 cm³/mol. The largest absolute Gasteiger partial charge is 0.379 e. The quantitative estimate of drug-likeness (QED) is 0.468. The molecule has 3 heteroatoms. The van der Waals surface area contributed by atoms with Gasteiger partial charge in [-0.05, 0) is 20.3 Å². The molecule has 0 amide bonds. The Morgan fingerprint density at radius 2 is 1.43 bits per heavy atom. The molecule has 2 atom stereocenters. The van der Waals surface area contributed by atoms with Crippen LogP contribution in [0, 0.1) is 0 Å². The lowest BCUT2D eigenvalue weighted by molar-refractivity contribution is -0.0844. The molecule has 86 valence electrons. The van der Waals surface area contributed by atoms with Crippen molar-refractivity contribution in [3.63, 3.8) is 0 Å². The van der Waals surface area contributed by atoms with Crippen molar-refractivity contribution < 1.29 is 10.2 Å². The van der Waals surface area contributed by atoms with E-state index in [0.29, 0.717) is 0 Å². The van der Waals surface area contributed by atoms with E-state index in [1.807, 2.05) is 0 Å². The summed E-state index contributed by atoms with van der Waals surface area (Å²) in [6, 6.07) is 0. The summed E-state index contributed by atoms with van der Waals surface area (Å²) >= 11 is 0. The van der Waals surface area contributed by atoms with Crippen molar-refractivity contribution in [1.29, 1.82) is 0 Å². The van der Waals surface area contributed by atoms with E-state index in [1.54, 1.807) is 18.7 Å². The molecule has 0 aliphatic carbocycles. The molecule has 0 saturated heterocycles. The number of rotatable bonds is 8. The maximum absolute atomic E-state index is 9.35. The van der Waals surface area contributed by atoms with E-state index in [-0.39, 0.29) is 0 Å². The third kappa shape index (κ3) is 6.35. The normalized spacial score (nSPS) is 15.9. The minimum atomic E-state index is -0.554. The van der Waals surface area contributed by atoms with Crippen LogP contribution in [0.4, 0.5) is 0 Å². The fourth-order valence-electron chi connectivity index (χ4n) is 1.58. The Morgan fingerprint density at radius 1 is 0.929 bits per heavy atom. The van der Waals surface area contributed by atoms with Gasteiger partial charge in [0, 0.05) is 6.54 Å². The molecule has 0 rings (SSSR count). The minimum absolute atomic E-state index is 0.554. The summed E-state index contributed by atoms with van der Waals surface area (Å²) in [5, 5.41) is 18.7. The van der Waals surface area contributed by atoms with E-state index in [4.69, 9.17) is 0 Å². The van der Waals surface area contributed by atoms with Gasteiger partial charge in [0.15, 0.2) is 0 Å². The van der Waals surface area contributed by atoms with Crippen LogP contribution in [0.2, 0.25) is 0 Å². The van der Waals surface area contributed by atoms with Crippen LogP contribution < -0.4 is 0 Å². The first-order valence-corrected chi connectivity index (χ1v) is 5.71. The van der Waals surface area contributed by atoms with Crippen LogP contribution in [0.1, 0.15) is 52.9 Å². The molecule has 2 unspecified atom stereocenters. The van der Waals surface area contributed by atoms with E-state index in [2.05, 4.69) is 6.92 Å². The van der Waals surface area contributed by atoms with Crippen LogP contribution >= 0.6 is 0 Å². The van der Waals surface area contributed by atoms with Gasteiger partial charge in [-0.3, -0.25) is 4.90 Å². The molecule has 0 aliphatic rings. The lowest BCUT2D eigenvalue weighted by Crippen LogP contribution is -2.40. The molecule has 0 fully saturated rings. The van der Waals surface area contributed by atoms with Crippen molar-refractivity contribution in [3.8, 4) is 0 Å². The summed E-state index contributed by atoms with van der Waals surface area (Å²) in [6.45, 7) is 6.36. The SMILES string of the molecule is CCCCCCCN(C(C)O)C(C)O. The maximum Gasteiger partial charge on any atom is 0.106 e. The van der Waals surface area contributed by atoms with Gasteiger partial charge in [-0.15, -0.1) is 0 Å². The molecule has 0 spiro atoms. The highest BCUT2D eigenvalue weighted by Gasteiger charge is 2.14. The highest BCUT2D eigenvalue weighted by molar-refractivity contribution is 4.59. The monoisotopic (exact) mass is 203 g/mol. The Bertz CT molecular complexity index is 118. The van der Waals surface area contributed by atoms with E-state index >= 15 is 0 Å². The molecule has 2 N–H and O–H groups in total. The molecule has 0 bridgehead atoms. The Labute approximate surface area is 87.7 Å². The summed E-state index contributed by atoms with van der Waals surface area (Å²) in [4.78, 5) is 1.70. The number of hydrogen-bond donors (Lipinski definition) is 2. The van der Waals surface area contributed by atoms with Crippen molar-refractivity contribution in [2.45, 2.75) is 65.3 Å². The van der Waals surface area contributed by atoms with Gasteiger partial charge < -0.3 is 10.2 Å². The predicted octanol–water partition coefficient (Wildman–Crippen LogP) is 1.94. The second-order valence-corrected chi connectivity index (χ2v) is 3.92. The Kier molecular flexibility index (Phi) is 8.14. The number of hydrogen-bond acceptors (Lipinski definition) is 3. The number of aliphatic hydroxyl groups excluding tert-OH is 2. The molecular formula is C11H25NO2. The summed E-state index contributed by atoms with van der Waals surface area (Å²) < 4.78 is 0. The first-order valence-electron chi connectivity index (χ1n) is 5.71. The second kappa shape index (κ2) is 8.21. The standard InChI is InChI=1S/C11H25NO2/c1-4-5-6-7-8-9-12(10(2)13)11(3)14/h10-11,13-14H,4-9H2,1-3H3. The molecule has 0 radical (unpaired) electrons. The summed E-state index contributed by atoms with van der Waals surface area (Å²) in [5.74, 6) is 0. The van der Waals surface area contributed by atoms with Crippen LogP contribution in [0.15, 0.2) is 0 Å². The molecule has 0 aromatic heterocycles. The fraction of sp³-hybridized carbons (Fsp3) is 1.00. The van der Waals surface area contributed by atoms with Crippen LogP contribution in [0.3, 0.4) is 0 Å². The molecule has 0 saturated carbocycles. The zero-order valence-electron chi connectivity index (χ0n) is 9.74. The fourth-order valence-corrected chi connectivity index (χ4v) is 1.58. The third-order valence-electron chi connectivity index (χ3n) is 2.48. The highest BCUT2D eigenvalue weighted by Crippen LogP contribution is 2.07. The third-order valence-corrected chi connectivity index (χ3v) is 2.48. The first kappa shape index (κ1) is 13.9. The van der Waals surface area contributed by atoms with Gasteiger partial charge in [-0.1, -0.05) is 32.6 Å². The second-order valence-electron chi connectivity index (χ2n) is 3.92. The van der Waals surface area contributed by atoms with E-state index < -0.39 is 12.5 Å². The van der Waals surface area contributed by atoms with Crippen molar-refractivity contribution in [2.75, 3.05) is 6.54 Å². The molecule has 0 aliphatic heterocycles. The molecule has 0 aromatic rings. The van der Waals surface area contributed by atoms with Gasteiger partial charge in [-0.25, -0.2) is 0 Å².